The molecule has 0 fully saturated rings. The molecule has 1 aromatic heterocycles. The first-order valence-electron chi connectivity index (χ1n) is 5.37. The molecule has 0 aliphatic heterocycles. The van der Waals surface area contributed by atoms with Gasteiger partial charge in [0.15, 0.2) is 11.5 Å². The highest BCUT2D eigenvalue weighted by atomic mass is 32.2. The Morgan fingerprint density at radius 1 is 1.00 bits per heavy atom. The molecule has 0 N–H and O–H groups in total. The largest absolute Gasteiger partial charge is 0.436 e. The topological polar surface area (TPSA) is 12.9 Å². The highest BCUT2D eigenvalue weighted by Crippen LogP contribution is 2.32. The summed E-state index contributed by atoms with van der Waals surface area (Å²) in [5.74, 6) is -0.868. The van der Waals surface area contributed by atoms with Gasteiger partial charge in [-0.05, 0) is 17.7 Å². The molecule has 1 aromatic carbocycles. The van der Waals surface area contributed by atoms with Gasteiger partial charge in [0.05, 0.1) is 5.03 Å². The number of pyridine rings is 1. The second-order valence-electron chi connectivity index (χ2n) is 3.75. The van der Waals surface area contributed by atoms with Crippen LogP contribution in [0.3, 0.4) is 0 Å². The van der Waals surface area contributed by atoms with E-state index in [2.05, 4.69) is 4.98 Å². The van der Waals surface area contributed by atoms with Gasteiger partial charge in [0.1, 0.15) is 0 Å². The maximum atomic E-state index is 13.0. The molecular weight excluding hydrogens is 278 g/mol. The third-order valence-corrected chi connectivity index (χ3v) is 3.32. The summed E-state index contributed by atoms with van der Waals surface area (Å²) >= 11 is 1.13. The Morgan fingerprint density at radius 3 is 2.32 bits per heavy atom. The molecular formula is C13H9F4NS. The fourth-order valence-electron chi connectivity index (χ4n) is 1.43. The number of aromatic nitrogens is 1. The first-order chi connectivity index (χ1) is 8.97. The number of nitrogens with zero attached hydrogens (tertiary/aromatic N) is 1. The predicted octanol–water partition coefficient (Wildman–Crippen LogP) is 4.53. The van der Waals surface area contributed by atoms with Gasteiger partial charge in [-0.1, -0.05) is 30.3 Å². The molecule has 0 aliphatic carbocycles. The molecule has 0 amide bonds. The van der Waals surface area contributed by atoms with Crippen molar-refractivity contribution in [2.75, 3.05) is 0 Å². The molecule has 100 valence electrons. The first-order valence-corrected chi connectivity index (χ1v) is 6.36. The predicted molar refractivity (Wildman–Crippen MR) is 65.2 cm³/mol. The van der Waals surface area contributed by atoms with Crippen LogP contribution in [0, 0.1) is 5.82 Å². The number of thioether (sulfide) groups is 1. The lowest BCUT2D eigenvalue weighted by Crippen LogP contribution is -2.11. The molecule has 0 bridgehead atoms. The van der Waals surface area contributed by atoms with Crippen LogP contribution < -0.4 is 0 Å². The molecule has 0 radical (unpaired) electrons. The van der Waals surface area contributed by atoms with Crippen molar-refractivity contribution in [3.63, 3.8) is 0 Å². The van der Waals surface area contributed by atoms with E-state index in [0.717, 1.165) is 23.4 Å². The van der Waals surface area contributed by atoms with Crippen molar-refractivity contribution in [3.05, 3.63) is 59.5 Å². The normalized spacial score (nSPS) is 11.6. The summed E-state index contributed by atoms with van der Waals surface area (Å²) in [6, 6.07) is 11.3. The molecule has 1 nitrogen and oxygen atoms in total. The van der Waals surface area contributed by atoms with Crippen LogP contribution in [-0.2, 0) is 11.9 Å². The molecule has 2 aromatic rings. The third-order valence-electron chi connectivity index (χ3n) is 2.32. The summed E-state index contributed by atoms with van der Waals surface area (Å²) in [5.41, 5.74) is -0.502. The van der Waals surface area contributed by atoms with Crippen LogP contribution in [0.15, 0.2) is 47.5 Å². The number of alkyl halides is 3. The van der Waals surface area contributed by atoms with E-state index in [1.54, 1.807) is 0 Å². The molecule has 1 heterocycles. The van der Waals surface area contributed by atoms with Crippen LogP contribution in [0.2, 0.25) is 0 Å². The van der Waals surface area contributed by atoms with Gasteiger partial charge in [-0.15, -0.1) is 11.8 Å². The zero-order valence-corrected chi connectivity index (χ0v) is 10.4. The first kappa shape index (κ1) is 13.9. The van der Waals surface area contributed by atoms with E-state index in [0.29, 0.717) is 5.75 Å². The maximum Gasteiger partial charge on any atom is 0.436 e. The monoisotopic (exact) mass is 287 g/mol. The molecule has 19 heavy (non-hydrogen) atoms. The zero-order chi connectivity index (χ0) is 13.9. The van der Waals surface area contributed by atoms with Gasteiger partial charge in [-0.3, -0.25) is 0 Å². The molecule has 0 saturated heterocycles. The Morgan fingerprint density at radius 2 is 1.68 bits per heavy atom. The number of hydrogen-bond acceptors (Lipinski definition) is 2. The lowest BCUT2D eigenvalue weighted by atomic mass is 10.2. The SMILES string of the molecule is Fc1ccc(SCc2ccccc2)nc1C(F)(F)F. The van der Waals surface area contributed by atoms with Crippen LogP contribution in [0.1, 0.15) is 11.3 Å². The van der Waals surface area contributed by atoms with Crippen molar-refractivity contribution in [3.8, 4) is 0 Å². The van der Waals surface area contributed by atoms with E-state index >= 15 is 0 Å². The molecule has 2 rings (SSSR count). The molecule has 0 atom stereocenters. The highest BCUT2D eigenvalue weighted by molar-refractivity contribution is 7.98. The van der Waals surface area contributed by atoms with Crippen LogP contribution in [-0.4, -0.2) is 4.98 Å². The fourth-order valence-corrected chi connectivity index (χ4v) is 2.26. The summed E-state index contributed by atoms with van der Waals surface area (Å²) < 4.78 is 50.5. The van der Waals surface area contributed by atoms with Gasteiger partial charge in [-0.2, -0.15) is 13.2 Å². The summed E-state index contributed by atoms with van der Waals surface area (Å²) in [6.45, 7) is 0. The molecule has 0 unspecified atom stereocenters. The van der Waals surface area contributed by atoms with E-state index in [9.17, 15) is 17.6 Å². The Labute approximate surface area is 111 Å². The van der Waals surface area contributed by atoms with Crippen molar-refractivity contribution in [2.45, 2.75) is 17.0 Å². The van der Waals surface area contributed by atoms with Gasteiger partial charge >= 0.3 is 6.18 Å². The van der Waals surface area contributed by atoms with Crippen molar-refractivity contribution < 1.29 is 17.6 Å². The highest BCUT2D eigenvalue weighted by Gasteiger charge is 2.36. The molecule has 0 saturated carbocycles. The number of benzene rings is 1. The smallest absolute Gasteiger partial charge is 0.234 e. The van der Waals surface area contributed by atoms with Crippen molar-refractivity contribution in [1.82, 2.24) is 4.98 Å². The zero-order valence-electron chi connectivity index (χ0n) is 9.62. The van der Waals surface area contributed by atoms with E-state index in [1.807, 2.05) is 30.3 Å². The van der Waals surface area contributed by atoms with Gasteiger partial charge in [0.25, 0.3) is 0 Å². The van der Waals surface area contributed by atoms with Gasteiger partial charge in [-0.25, -0.2) is 9.37 Å². The van der Waals surface area contributed by atoms with E-state index in [-0.39, 0.29) is 5.03 Å². The quantitative estimate of drug-likeness (QED) is 0.607. The van der Waals surface area contributed by atoms with Crippen LogP contribution in [0.25, 0.3) is 0 Å². The number of rotatable bonds is 3. The van der Waals surface area contributed by atoms with Crippen molar-refractivity contribution in [1.29, 1.82) is 0 Å². The molecule has 0 aliphatic rings. The number of hydrogen-bond donors (Lipinski definition) is 0. The lowest BCUT2D eigenvalue weighted by Gasteiger charge is -2.08. The van der Waals surface area contributed by atoms with Crippen molar-refractivity contribution in [2.24, 2.45) is 0 Å². The minimum atomic E-state index is -4.77. The van der Waals surface area contributed by atoms with Crippen molar-refractivity contribution >= 4 is 11.8 Å². The van der Waals surface area contributed by atoms with Crippen LogP contribution in [0.4, 0.5) is 17.6 Å². The Bertz CT molecular complexity index is 554. The van der Waals surface area contributed by atoms with E-state index in [1.165, 1.54) is 6.07 Å². The average molecular weight is 287 g/mol. The van der Waals surface area contributed by atoms with Gasteiger partial charge < -0.3 is 0 Å². The molecule has 0 spiro atoms. The lowest BCUT2D eigenvalue weighted by molar-refractivity contribution is -0.144. The summed E-state index contributed by atoms with van der Waals surface area (Å²) in [6.07, 6.45) is -4.77. The second kappa shape index (κ2) is 5.61. The third kappa shape index (κ3) is 3.70. The fraction of sp³-hybridized carbons (Fsp3) is 0.154. The van der Waals surface area contributed by atoms with Gasteiger partial charge in [0.2, 0.25) is 0 Å². The van der Waals surface area contributed by atoms with E-state index < -0.39 is 17.7 Å². The van der Waals surface area contributed by atoms with E-state index in [4.69, 9.17) is 0 Å². The summed E-state index contributed by atoms with van der Waals surface area (Å²) in [7, 11) is 0. The minimum absolute atomic E-state index is 0.151. The van der Waals surface area contributed by atoms with Crippen LogP contribution >= 0.6 is 11.8 Å². The average Bonchev–Trinajstić information content (AvgIpc) is 2.37. The summed E-state index contributed by atoms with van der Waals surface area (Å²) in [5, 5.41) is 0.151. The Hall–Kier alpha value is -1.56. The second-order valence-corrected chi connectivity index (χ2v) is 4.75. The van der Waals surface area contributed by atoms with Gasteiger partial charge in [0, 0.05) is 5.75 Å². The maximum absolute atomic E-state index is 13.0. The Balaban J connectivity index is 2.14. The summed E-state index contributed by atoms with van der Waals surface area (Å²) in [4.78, 5) is 3.32. The Kier molecular flexibility index (Phi) is 4.09. The molecule has 6 heteroatoms. The minimum Gasteiger partial charge on any atom is -0.234 e. The van der Waals surface area contributed by atoms with Crippen LogP contribution in [0.5, 0.6) is 0 Å². The standard InChI is InChI=1S/C13H9F4NS/c14-10-6-7-11(18-12(10)13(15,16)17)19-8-9-4-2-1-3-5-9/h1-7H,8H2. The number of halogens is 4.